The predicted octanol–water partition coefficient (Wildman–Crippen LogP) is 4.60. The van der Waals surface area contributed by atoms with E-state index in [0.717, 1.165) is 16.8 Å². The number of hydrogen-bond donors (Lipinski definition) is 2. The van der Waals surface area contributed by atoms with Crippen LogP contribution in [0.1, 0.15) is 24.1 Å². The van der Waals surface area contributed by atoms with Gasteiger partial charge in [0.25, 0.3) is 0 Å². The number of carbonyl (C=O) groups excluding carboxylic acids is 1. The van der Waals surface area contributed by atoms with Gasteiger partial charge in [-0.1, -0.05) is 35.3 Å². The van der Waals surface area contributed by atoms with Crippen molar-refractivity contribution in [3.8, 4) is 5.75 Å². The molecule has 0 aliphatic heterocycles. The molecular weight excluding hydrogens is 347 g/mol. The second kappa shape index (κ2) is 8.27. The molecular formula is C18H20Cl2N2O2. The first-order valence-electron chi connectivity index (χ1n) is 7.53. The first-order chi connectivity index (χ1) is 11.4. The van der Waals surface area contributed by atoms with E-state index in [9.17, 15) is 4.79 Å². The van der Waals surface area contributed by atoms with E-state index < -0.39 is 0 Å². The molecule has 0 unspecified atom stereocenters. The summed E-state index contributed by atoms with van der Waals surface area (Å²) in [5.74, 6) is 0.483. The van der Waals surface area contributed by atoms with E-state index in [0.29, 0.717) is 15.8 Å². The number of rotatable bonds is 6. The van der Waals surface area contributed by atoms with Crippen molar-refractivity contribution in [2.24, 2.45) is 0 Å². The van der Waals surface area contributed by atoms with Crippen molar-refractivity contribution in [3.05, 3.63) is 57.6 Å². The number of nitrogens with one attached hydrogen (secondary N) is 2. The number of hydrogen-bond acceptors (Lipinski definition) is 3. The minimum Gasteiger partial charge on any atom is -0.495 e. The zero-order valence-corrected chi connectivity index (χ0v) is 15.3. The molecule has 0 bridgehead atoms. The van der Waals surface area contributed by atoms with Gasteiger partial charge in [-0.3, -0.25) is 4.79 Å². The monoisotopic (exact) mass is 366 g/mol. The Morgan fingerprint density at radius 2 is 1.88 bits per heavy atom. The number of carbonyl (C=O) groups is 1. The normalized spacial score (nSPS) is 11.7. The molecule has 0 fully saturated rings. The van der Waals surface area contributed by atoms with Gasteiger partial charge >= 0.3 is 0 Å². The predicted molar refractivity (Wildman–Crippen MR) is 99.2 cm³/mol. The molecule has 0 radical (unpaired) electrons. The molecule has 0 aliphatic rings. The zero-order valence-electron chi connectivity index (χ0n) is 13.8. The van der Waals surface area contributed by atoms with Crippen LogP contribution in [0.5, 0.6) is 5.75 Å². The van der Waals surface area contributed by atoms with E-state index in [2.05, 4.69) is 10.6 Å². The Hall–Kier alpha value is -1.91. The van der Waals surface area contributed by atoms with Gasteiger partial charge in [0.05, 0.1) is 25.4 Å². The van der Waals surface area contributed by atoms with Crippen LogP contribution in [0.25, 0.3) is 0 Å². The fourth-order valence-electron chi connectivity index (χ4n) is 2.27. The Morgan fingerprint density at radius 3 is 2.50 bits per heavy atom. The summed E-state index contributed by atoms with van der Waals surface area (Å²) in [6, 6.07) is 10.9. The van der Waals surface area contributed by atoms with E-state index in [1.807, 2.05) is 32.0 Å². The molecule has 2 aromatic carbocycles. The Kier molecular flexibility index (Phi) is 6.35. The van der Waals surface area contributed by atoms with Crippen molar-refractivity contribution in [1.82, 2.24) is 5.32 Å². The Bertz CT molecular complexity index is 718. The fraction of sp³-hybridized carbons (Fsp3) is 0.278. The van der Waals surface area contributed by atoms with Crippen LogP contribution in [-0.4, -0.2) is 19.6 Å². The van der Waals surface area contributed by atoms with Crippen LogP contribution in [-0.2, 0) is 4.79 Å². The van der Waals surface area contributed by atoms with Crippen LogP contribution in [0.2, 0.25) is 10.0 Å². The zero-order chi connectivity index (χ0) is 17.7. The second-order valence-corrected chi connectivity index (χ2v) is 6.34. The lowest BCUT2D eigenvalue weighted by Crippen LogP contribution is -2.32. The first kappa shape index (κ1) is 18.4. The fourth-order valence-corrected chi connectivity index (χ4v) is 2.55. The molecule has 1 atom stereocenters. The number of amides is 1. The summed E-state index contributed by atoms with van der Waals surface area (Å²) in [7, 11) is 1.56. The third-order valence-electron chi connectivity index (χ3n) is 3.67. The van der Waals surface area contributed by atoms with E-state index in [1.54, 1.807) is 25.3 Å². The van der Waals surface area contributed by atoms with Crippen molar-refractivity contribution in [2.75, 3.05) is 19.0 Å². The maximum atomic E-state index is 12.2. The lowest BCUT2D eigenvalue weighted by molar-refractivity contribution is -0.120. The molecule has 1 amide bonds. The van der Waals surface area contributed by atoms with Crippen LogP contribution < -0.4 is 15.4 Å². The summed E-state index contributed by atoms with van der Waals surface area (Å²) in [4.78, 5) is 12.2. The van der Waals surface area contributed by atoms with Gasteiger partial charge in [0.1, 0.15) is 5.75 Å². The molecule has 0 saturated carbocycles. The van der Waals surface area contributed by atoms with Gasteiger partial charge in [0.2, 0.25) is 5.91 Å². The minimum absolute atomic E-state index is 0.106. The lowest BCUT2D eigenvalue weighted by Gasteiger charge is -2.16. The molecule has 128 valence electrons. The van der Waals surface area contributed by atoms with E-state index >= 15 is 0 Å². The summed E-state index contributed by atoms with van der Waals surface area (Å²) in [5, 5.41) is 7.31. The Morgan fingerprint density at radius 1 is 1.21 bits per heavy atom. The van der Waals surface area contributed by atoms with Crippen LogP contribution in [0.3, 0.4) is 0 Å². The number of benzene rings is 2. The molecule has 6 heteroatoms. The van der Waals surface area contributed by atoms with Gasteiger partial charge in [-0.25, -0.2) is 0 Å². The van der Waals surface area contributed by atoms with Crippen molar-refractivity contribution >= 4 is 34.8 Å². The van der Waals surface area contributed by atoms with Crippen LogP contribution in [0.4, 0.5) is 5.69 Å². The van der Waals surface area contributed by atoms with Crippen molar-refractivity contribution in [3.63, 3.8) is 0 Å². The highest BCUT2D eigenvalue weighted by Crippen LogP contribution is 2.30. The van der Waals surface area contributed by atoms with E-state index in [1.165, 1.54) is 0 Å². The number of methoxy groups -OCH3 is 1. The topological polar surface area (TPSA) is 50.4 Å². The van der Waals surface area contributed by atoms with Crippen molar-refractivity contribution in [1.29, 1.82) is 0 Å². The molecule has 0 aliphatic carbocycles. The number of aryl methyl sites for hydroxylation is 1. The second-order valence-electron chi connectivity index (χ2n) is 5.50. The molecule has 2 rings (SSSR count). The van der Waals surface area contributed by atoms with Crippen molar-refractivity contribution < 1.29 is 9.53 Å². The standard InChI is InChI=1S/C18H20Cl2N2O2/c1-11-8-16(17(24-3)9-15(11)20)21-10-18(23)22-12(2)13-4-6-14(19)7-5-13/h4-9,12,21H,10H2,1-3H3,(H,22,23)/t12-/m0/s1. The molecule has 24 heavy (non-hydrogen) atoms. The minimum atomic E-state index is -0.118. The van der Waals surface area contributed by atoms with Gasteiger partial charge in [-0.05, 0) is 43.2 Å². The van der Waals surface area contributed by atoms with Gasteiger partial charge < -0.3 is 15.4 Å². The first-order valence-corrected chi connectivity index (χ1v) is 8.29. The van der Waals surface area contributed by atoms with Gasteiger partial charge in [0, 0.05) is 16.1 Å². The largest absolute Gasteiger partial charge is 0.495 e. The highest BCUT2D eigenvalue weighted by Gasteiger charge is 2.11. The van der Waals surface area contributed by atoms with Gasteiger partial charge in [-0.15, -0.1) is 0 Å². The third kappa shape index (κ3) is 4.79. The van der Waals surface area contributed by atoms with E-state index in [-0.39, 0.29) is 18.5 Å². The summed E-state index contributed by atoms with van der Waals surface area (Å²) in [6.07, 6.45) is 0. The maximum absolute atomic E-state index is 12.2. The molecule has 0 spiro atoms. The average molecular weight is 367 g/mol. The third-order valence-corrected chi connectivity index (χ3v) is 4.33. The number of ether oxygens (including phenoxy) is 1. The number of halogens is 2. The van der Waals surface area contributed by atoms with Crippen molar-refractivity contribution in [2.45, 2.75) is 19.9 Å². The highest BCUT2D eigenvalue weighted by atomic mass is 35.5. The summed E-state index contributed by atoms with van der Waals surface area (Å²) in [6.45, 7) is 3.96. The molecule has 2 aromatic rings. The lowest BCUT2D eigenvalue weighted by atomic mass is 10.1. The summed E-state index contributed by atoms with van der Waals surface area (Å²) >= 11 is 12.0. The average Bonchev–Trinajstić information content (AvgIpc) is 2.56. The quantitative estimate of drug-likeness (QED) is 0.785. The molecule has 0 aromatic heterocycles. The summed E-state index contributed by atoms with van der Waals surface area (Å²) in [5.41, 5.74) is 2.64. The van der Waals surface area contributed by atoms with Crippen LogP contribution in [0, 0.1) is 6.92 Å². The van der Waals surface area contributed by atoms with Gasteiger partial charge in [-0.2, -0.15) is 0 Å². The Balaban J connectivity index is 1.96. The van der Waals surface area contributed by atoms with Crippen LogP contribution in [0.15, 0.2) is 36.4 Å². The smallest absolute Gasteiger partial charge is 0.239 e. The molecule has 4 nitrogen and oxygen atoms in total. The van der Waals surface area contributed by atoms with Crippen LogP contribution >= 0.6 is 23.2 Å². The summed E-state index contributed by atoms with van der Waals surface area (Å²) < 4.78 is 5.28. The number of anilines is 1. The highest BCUT2D eigenvalue weighted by molar-refractivity contribution is 6.31. The van der Waals surface area contributed by atoms with Gasteiger partial charge in [0.15, 0.2) is 0 Å². The SMILES string of the molecule is COc1cc(Cl)c(C)cc1NCC(=O)N[C@@H](C)c1ccc(Cl)cc1. The molecule has 0 saturated heterocycles. The Labute approximate surface area is 152 Å². The molecule has 0 heterocycles. The molecule has 2 N–H and O–H groups in total. The maximum Gasteiger partial charge on any atom is 0.239 e. The van der Waals surface area contributed by atoms with E-state index in [4.69, 9.17) is 27.9 Å².